The Morgan fingerprint density at radius 3 is 2.90 bits per heavy atom. The van der Waals surface area contributed by atoms with Crippen molar-refractivity contribution in [3.05, 3.63) is 0 Å². The molecule has 2 fully saturated rings. The van der Waals surface area contributed by atoms with Crippen molar-refractivity contribution in [2.75, 3.05) is 39.8 Å². The average Bonchev–Trinajstić information content (AvgIpc) is 2.86. The van der Waals surface area contributed by atoms with Gasteiger partial charge < -0.3 is 15.4 Å². The van der Waals surface area contributed by atoms with Crippen LogP contribution in [0.15, 0.2) is 4.99 Å². The highest BCUT2D eigenvalue weighted by atomic mass is 127. The summed E-state index contributed by atoms with van der Waals surface area (Å²) >= 11 is 0. The van der Waals surface area contributed by atoms with Crippen molar-refractivity contribution in [3.63, 3.8) is 0 Å². The van der Waals surface area contributed by atoms with Crippen LogP contribution in [0.2, 0.25) is 0 Å². The fourth-order valence-corrected chi connectivity index (χ4v) is 2.74. The number of nitrogens with zero attached hydrogens (tertiary/aromatic N) is 2. The minimum absolute atomic E-state index is 0. The van der Waals surface area contributed by atoms with Crippen molar-refractivity contribution in [2.24, 2.45) is 10.9 Å². The number of ether oxygens (including phenoxy) is 1. The maximum Gasteiger partial charge on any atom is 0.191 e. The summed E-state index contributed by atoms with van der Waals surface area (Å²) in [5.74, 6) is 1.50. The molecule has 20 heavy (non-hydrogen) atoms. The first-order chi connectivity index (χ1) is 9.19. The quantitative estimate of drug-likeness (QED) is 0.427. The van der Waals surface area contributed by atoms with Gasteiger partial charge in [0.05, 0.1) is 12.7 Å². The van der Waals surface area contributed by atoms with Gasteiger partial charge >= 0.3 is 0 Å². The lowest BCUT2D eigenvalue weighted by Crippen LogP contribution is -2.51. The second kappa shape index (κ2) is 9.04. The van der Waals surface area contributed by atoms with Crippen molar-refractivity contribution < 1.29 is 4.74 Å². The van der Waals surface area contributed by atoms with Crippen LogP contribution in [0.5, 0.6) is 0 Å². The molecule has 0 aromatic rings. The lowest BCUT2D eigenvalue weighted by Gasteiger charge is -2.35. The summed E-state index contributed by atoms with van der Waals surface area (Å²) in [4.78, 5) is 6.81. The van der Waals surface area contributed by atoms with Crippen LogP contribution in [0.3, 0.4) is 0 Å². The molecule has 2 N–H and O–H groups in total. The third-order valence-electron chi connectivity index (χ3n) is 3.86. The van der Waals surface area contributed by atoms with Gasteiger partial charge in [-0.1, -0.05) is 13.8 Å². The Hall–Kier alpha value is -0.0800. The van der Waals surface area contributed by atoms with Crippen LogP contribution < -0.4 is 10.6 Å². The van der Waals surface area contributed by atoms with E-state index in [0.717, 1.165) is 32.2 Å². The molecule has 2 rings (SSSR count). The third-order valence-corrected chi connectivity index (χ3v) is 3.86. The van der Waals surface area contributed by atoms with Gasteiger partial charge in [0.25, 0.3) is 0 Å². The maximum atomic E-state index is 5.93. The van der Waals surface area contributed by atoms with E-state index in [4.69, 9.17) is 4.74 Å². The number of halogens is 1. The van der Waals surface area contributed by atoms with Crippen LogP contribution in [-0.2, 0) is 4.74 Å². The topological polar surface area (TPSA) is 48.9 Å². The molecule has 2 atom stereocenters. The number of fused-ring (bicyclic) bond motifs is 1. The van der Waals surface area contributed by atoms with Crippen molar-refractivity contribution in [2.45, 2.75) is 38.8 Å². The van der Waals surface area contributed by atoms with Gasteiger partial charge in [0.2, 0.25) is 0 Å². The van der Waals surface area contributed by atoms with E-state index in [1.54, 1.807) is 0 Å². The average molecular weight is 396 g/mol. The standard InChI is InChI=1S/C14H28N4O.HI/c1-11(2)7-16-14(15-3)17-8-13-9-18-6-4-5-12(18)10-19-13;/h11-13H,4-10H2,1-3H3,(H2,15,16,17);1H. The Balaban J connectivity index is 0.00000200. The zero-order valence-electron chi connectivity index (χ0n) is 12.9. The SMILES string of the molecule is CN=C(NCC(C)C)NCC1CN2CCCC2CO1.I. The second-order valence-electron chi connectivity index (χ2n) is 5.97. The van der Waals surface area contributed by atoms with E-state index in [-0.39, 0.29) is 30.1 Å². The van der Waals surface area contributed by atoms with Crippen LogP contribution in [0.25, 0.3) is 0 Å². The van der Waals surface area contributed by atoms with Crippen LogP contribution >= 0.6 is 24.0 Å². The van der Waals surface area contributed by atoms with Crippen LogP contribution in [0.1, 0.15) is 26.7 Å². The Morgan fingerprint density at radius 2 is 2.20 bits per heavy atom. The lowest BCUT2D eigenvalue weighted by atomic mass is 10.2. The highest BCUT2D eigenvalue weighted by Gasteiger charge is 2.31. The molecule has 0 radical (unpaired) electrons. The molecule has 6 heteroatoms. The Kier molecular flexibility index (Phi) is 8.13. The summed E-state index contributed by atoms with van der Waals surface area (Å²) < 4.78 is 5.93. The van der Waals surface area contributed by atoms with Crippen LogP contribution in [0, 0.1) is 5.92 Å². The number of nitrogens with one attached hydrogen (secondary N) is 2. The fraction of sp³-hybridized carbons (Fsp3) is 0.929. The molecule has 118 valence electrons. The van der Waals surface area contributed by atoms with Crippen LogP contribution in [0.4, 0.5) is 0 Å². The Labute approximate surface area is 139 Å². The largest absolute Gasteiger partial charge is 0.373 e. The first kappa shape index (κ1) is 18.0. The van der Waals surface area contributed by atoms with E-state index < -0.39 is 0 Å². The first-order valence-corrected chi connectivity index (χ1v) is 7.49. The highest BCUT2D eigenvalue weighted by Crippen LogP contribution is 2.22. The molecule has 0 aliphatic carbocycles. The van der Waals surface area contributed by atoms with E-state index in [0.29, 0.717) is 12.0 Å². The summed E-state index contributed by atoms with van der Waals surface area (Å²) in [5.41, 5.74) is 0. The smallest absolute Gasteiger partial charge is 0.191 e. The maximum absolute atomic E-state index is 5.93. The zero-order chi connectivity index (χ0) is 13.7. The minimum Gasteiger partial charge on any atom is -0.373 e. The Morgan fingerprint density at radius 1 is 1.40 bits per heavy atom. The predicted octanol–water partition coefficient (Wildman–Crippen LogP) is 1.29. The summed E-state index contributed by atoms with van der Waals surface area (Å²) in [6.45, 7) is 9.35. The molecule has 5 nitrogen and oxygen atoms in total. The van der Waals surface area contributed by atoms with Gasteiger partial charge in [-0.2, -0.15) is 0 Å². The molecule has 2 heterocycles. The van der Waals surface area contributed by atoms with Gasteiger partial charge in [-0.25, -0.2) is 0 Å². The van der Waals surface area contributed by atoms with Gasteiger partial charge in [0, 0.05) is 32.7 Å². The molecule has 2 aliphatic heterocycles. The number of hydrogen-bond donors (Lipinski definition) is 2. The van der Waals surface area contributed by atoms with E-state index in [2.05, 4.69) is 34.4 Å². The predicted molar refractivity (Wildman–Crippen MR) is 94.0 cm³/mol. The van der Waals surface area contributed by atoms with Crippen LogP contribution in [-0.4, -0.2) is 62.8 Å². The van der Waals surface area contributed by atoms with Gasteiger partial charge in [-0.3, -0.25) is 9.89 Å². The molecule has 0 bridgehead atoms. The molecule has 2 saturated heterocycles. The summed E-state index contributed by atoms with van der Waals surface area (Å²) in [6, 6.07) is 0.676. The third kappa shape index (κ3) is 5.37. The minimum atomic E-state index is 0. The first-order valence-electron chi connectivity index (χ1n) is 7.49. The lowest BCUT2D eigenvalue weighted by molar-refractivity contribution is -0.0453. The Bertz CT molecular complexity index is 312. The summed E-state index contributed by atoms with van der Waals surface area (Å²) in [5, 5.41) is 6.69. The molecular formula is C14H29IN4O. The number of morpholine rings is 1. The van der Waals surface area contributed by atoms with Crippen molar-refractivity contribution in [1.82, 2.24) is 15.5 Å². The van der Waals surface area contributed by atoms with Gasteiger partial charge in [-0.05, 0) is 25.3 Å². The monoisotopic (exact) mass is 396 g/mol. The summed E-state index contributed by atoms with van der Waals surface area (Å²) in [7, 11) is 1.81. The van der Waals surface area contributed by atoms with Gasteiger partial charge in [0.1, 0.15) is 0 Å². The molecule has 0 saturated carbocycles. The molecule has 0 amide bonds. The van der Waals surface area contributed by atoms with Crippen molar-refractivity contribution in [1.29, 1.82) is 0 Å². The molecule has 0 aromatic carbocycles. The van der Waals surface area contributed by atoms with E-state index >= 15 is 0 Å². The van der Waals surface area contributed by atoms with E-state index in [9.17, 15) is 0 Å². The molecule has 0 spiro atoms. The summed E-state index contributed by atoms with van der Waals surface area (Å²) in [6.07, 6.45) is 2.91. The van der Waals surface area contributed by atoms with Crippen molar-refractivity contribution >= 4 is 29.9 Å². The normalized spacial score (nSPS) is 27.1. The molecule has 0 aromatic heterocycles. The van der Waals surface area contributed by atoms with Gasteiger partial charge in [0.15, 0.2) is 5.96 Å². The van der Waals surface area contributed by atoms with E-state index in [1.807, 2.05) is 7.05 Å². The fourth-order valence-electron chi connectivity index (χ4n) is 2.74. The molecule has 2 aliphatic rings. The highest BCUT2D eigenvalue weighted by molar-refractivity contribution is 14.0. The van der Waals surface area contributed by atoms with E-state index in [1.165, 1.54) is 19.4 Å². The number of aliphatic imine (C=N–C) groups is 1. The zero-order valence-corrected chi connectivity index (χ0v) is 15.2. The number of guanidine groups is 1. The second-order valence-corrected chi connectivity index (χ2v) is 5.97. The van der Waals surface area contributed by atoms with Gasteiger partial charge in [-0.15, -0.1) is 24.0 Å². The molecular weight excluding hydrogens is 367 g/mol. The number of hydrogen-bond acceptors (Lipinski definition) is 3. The number of rotatable bonds is 4. The van der Waals surface area contributed by atoms with Crippen molar-refractivity contribution in [3.8, 4) is 0 Å². The molecule has 2 unspecified atom stereocenters.